The van der Waals surface area contributed by atoms with Crippen LogP contribution in [0.25, 0.3) is 0 Å². The van der Waals surface area contributed by atoms with E-state index in [1.54, 1.807) is 0 Å². The quantitative estimate of drug-likeness (QED) is 0.752. The summed E-state index contributed by atoms with van der Waals surface area (Å²) in [5.74, 6) is 2.08. The fourth-order valence-electron chi connectivity index (χ4n) is 2.42. The molecule has 2 heterocycles. The van der Waals surface area contributed by atoms with Gasteiger partial charge in [-0.15, -0.1) is 11.6 Å². The van der Waals surface area contributed by atoms with E-state index in [0.717, 1.165) is 30.5 Å². The van der Waals surface area contributed by atoms with Crippen molar-refractivity contribution in [2.45, 2.75) is 33.1 Å². The van der Waals surface area contributed by atoms with Gasteiger partial charge in [-0.2, -0.15) is 0 Å². The van der Waals surface area contributed by atoms with E-state index in [2.05, 4.69) is 30.7 Å². The molecule has 1 aliphatic heterocycles. The van der Waals surface area contributed by atoms with Crippen molar-refractivity contribution in [2.75, 3.05) is 18.0 Å². The maximum Gasteiger partial charge on any atom is 0.128 e. The molecule has 1 fully saturated rings. The number of rotatable bonds is 2. The topological polar surface area (TPSA) is 16.1 Å². The highest BCUT2D eigenvalue weighted by Crippen LogP contribution is 2.35. The van der Waals surface area contributed by atoms with Crippen molar-refractivity contribution < 1.29 is 0 Å². The average Bonchev–Trinajstić information content (AvgIpc) is 2.78. The third-order valence-electron chi connectivity index (χ3n) is 3.77. The first-order valence-corrected chi connectivity index (χ1v) is 7.29. The molecule has 1 aromatic rings. The highest BCUT2D eigenvalue weighted by Gasteiger charge is 2.32. The average molecular weight is 287 g/mol. The van der Waals surface area contributed by atoms with Crippen LogP contribution in [0.2, 0.25) is 5.02 Å². The molecule has 0 saturated carbocycles. The normalized spacial score (nSPS) is 20.5. The van der Waals surface area contributed by atoms with Gasteiger partial charge in [-0.05, 0) is 29.9 Å². The van der Waals surface area contributed by atoms with Gasteiger partial charge < -0.3 is 4.90 Å². The van der Waals surface area contributed by atoms with Gasteiger partial charge in [-0.1, -0.05) is 32.4 Å². The van der Waals surface area contributed by atoms with Crippen molar-refractivity contribution in [3.63, 3.8) is 0 Å². The van der Waals surface area contributed by atoms with Crippen LogP contribution in [-0.2, 0) is 5.88 Å². The van der Waals surface area contributed by atoms with Gasteiger partial charge in [-0.3, -0.25) is 0 Å². The Kier molecular flexibility index (Phi) is 4.08. The molecule has 18 heavy (non-hydrogen) atoms. The Hall–Kier alpha value is -0.470. The van der Waals surface area contributed by atoms with Gasteiger partial charge in [-0.25, -0.2) is 4.98 Å². The van der Waals surface area contributed by atoms with E-state index in [9.17, 15) is 0 Å². The second kappa shape index (κ2) is 5.26. The van der Waals surface area contributed by atoms with Crippen LogP contribution in [0.1, 0.15) is 32.9 Å². The Balaban J connectivity index is 2.14. The highest BCUT2D eigenvalue weighted by atomic mass is 35.5. The third kappa shape index (κ3) is 2.92. The molecular formula is C14H20Cl2N2. The van der Waals surface area contributed by atoms with E-state index in [4.69, 9.17) is 23.2 Å². The van der Waals surface area contributed by atoms with Crippen LogP contribution in [0, 0.1) is 11.3 Å². The fourth-order valence-corrected chi connectivity index (χ4v) is 2.86. The van der Waals surface area contributed by atoms with Crippen LogP contribution < -0.4 is 4.90 Å². The Bertz CT molecular complexity index is 426. The molecule has 0 N–H and O–H groups in total. The van der Waals surface area contributed by atoms with Gasteiger partial charge in [0.25, 0.3) is 0 Å². The second-order valence-corrected chi connectivity index (χ2v) is 6.70. The van der Waals surface area contributed by atoms with E-state index in [0.29, 0.717) is 16.3 Å². The zero-order valence-electron chi connectivity index (χ0n) is 11.2. The van der Waals surface area contributed by atoms with E-state index >= 15 is 0 Å². The lowest BCUT2D eigenvalue weighted by Gasteiger charge is -2.27. The lowest BCUT2D eigenvalue weighted by atomic mass is 9.80. The number of pyridine rings is 1. The second-order valence-electron chi connectivity index (χ2n) is 6.03. The summed E-state index contributed by atoms with van der Waals surface area (Å²) in [5.41, 5.74) is 1.13. The minimum Gasteiger partial charge on any atom is -0.356 e. The molecule has 2 nitrogen and oxygen atoms in total. The largest absolute Gasteiger partial charge is 0.356 e. The molecule has 0 bridgehead atoms. The van der Waals surface area contributed by atoms with Crippen molar-refractivity contribution in [1.29, 1.82) is 0 Å². The molecule has 100 valence electrons. The molecule has 4 heteroatoms. The number of anilines is 1. The van der Waals surface area contributed by atoms with Crippen LogP contribution in [0.5, 0.6) is 0 Å². The van der Waals surface area contributed by atoms with Crippen molar-refractivity contribution in [3.8, 4) is 0 Å². The SMILES string of the molecule is CC(C)(C)C1CCN(c2ccc(Cl)c(CCl)n2)C1. The number of halogens is 2. The summed E-state index contributed by atoms with van der Waals surface area (Å²) in [6.45, 7) is 9.06. The zero-order chi connectivity index (χ0) is 13.3. The Labute approximate surface area is 119 Å². The molecular weight excluding hydrogens is 267 g/mol. The van der Waals surface area contributed by atoms with Gasteiger partial charge >= 0.3 is 0 Å². The zero-order valence-corrected chi connectivity index (χ0v) is 12.7. The molecule has 0 amide bonds. The summed E-state index contributed by atoms with van der Waals surface area (Å²) >= 11 is 11.9. The van der Waals surface area contributed by atoms with E-state index in [1.807, 2.05) is 12.1 Å². The van der Waals surface area contributed by atoms with Gasteiger partial charge in [0.2, 0.25) is 0 Å². The maximum atomic E-state index is 6.04. The standard InChI is InChI=1S/C14H20Cl2N2/c1-14(2,3)10-6-7-18(9-10)13-5-4-11(16)12(8-15)17-13/h4-5,10H,6-9H2,1-3H3. The first-order chi connectivity index (χ1) is 8.41. The van der Waals surface area contributed by atoms with Crippen LogP contribution in [0.15, 0.2) is 12.1 Å². The summed E-state index contributed by atoms with van der Waals surface area (Å²) in [5, 5.41) is 0.653. The van der Waals surface area contributed by atoms with Crippen LogP contribution >= 0.6 is 23.2 Å². The van der Waals surface area contributed by atoms with Gasteiger partial charge in [0.1, 0.15) is 5.82 Å². The first kappa shape index (κ1) is 14.0. The third-order valence-corrected chi connectivity index (χ3v) is 4.36. The molecule has 0 aliphatic carbocycles. The minimum atomic E-state index is 0.358. The first-order valence-electron chi connectivity index (χ1n) is 6.38. The number of nitrogens with zero attached hydrogens (tertiary/aromatic N) is 2. The molecule has 1 aromatic heterocycles. The Morgan fingerprint density at radius 3 is 2.67 bits per heavy atom. The Morgan fingerprint density at radius 1 is 1.39 bits per heavy atom. The summed E-state index contributed by atoms with van der Waals surface area (Å²) in [4.78, 5) is 6.89. The molecule has 2 rings (SSSR count). The van der Waals surface area contributed by atoms with Gasteiger partial charge in [0.15, 0.2) is 0 Å². The molecule has 1 unspecified atom stereocenters. The maximum absolute atomic E-state index is 6.04. The van der Waals surface area contributed by atoms with Crippen molar-refractivity contribution in [2.24, 2.45) is 11.3 Å². The van der Waals surface area contributed by atoms with Crippen LogP contribution in [0.4, 0.5) is 5.82 Å². The van der Waals surface area contributed by atoms with E-state index in [-0.39, 0.29) is 0 Å². The lowest BCUT2D eigenvalue weighted by molar-refractivity contribution is 0.263. The number of hydrogen-bond donors (Lipinski definition) is 0. The molecule has 0 spiro atoms. The van der Waals surface area contributed by atoms with Crippen molar-refractivity contribution in [1.82, 2.24) is 4.98 Å². The van der Waals surface area contributed by atoms with Crippen molar-refractivity contribution in [3.05, 3.63) is 22.8 Å². The summed E-state index contributed by atoms with van der Waals surface area (Å²) in [6.07, 6.45) is 1.23. The Morgan fingerprint density at radius 2 is 2.11 bits per heavy atom. The van der Waals surface area contributed by atoms with Gasteiger partial charge in [0, 0.05) is 13.1 Å². The van der Waals surface area contributed by atoms with Crippen LogP contribution in [0.3, 0.4) is 0 Å². The minimum absolute atomic E-state index is 0.358. The lowest BCUT2D eigenvalue weighted by Crippen LogP contribution is -2.26. The highest BCUT2D eigenvalue weighted by molar-refractivity contribution is 6.32. The predicted octanol–water partition coefficient (Wildman–Crippen LogP) is 4.35. The summed E-state index contributed by atoms with van der Waals surface area (Å²) < 4.78 is 0. The number of hydrogen-bond acceptors (Lipinski definition) is 2. The van der Waals surface area contributed by atoms with Crippen LogP contribution in [-0.4, -0.2) is 18.1 Å². The smallest absolute Gasteiger partial charge is 0.128 e. The molecule has 0 aromatic carbocycles. The van der Waals surface area contributed by atoms with Crippen molar-refractivity contribution >= 4 is 29.0 Å². The molecule has 1 aliphatic rings. The number of aromatic nitrogens is 1. The molecule has 0 radical (unpaired) electrons. The van der Waals surface area contributed by atoms with E-state index in [1.165, 1.54) is 6.42 Å². The summed E-state index contributed by atoms with van der Waals surface area (Å²) in [7, 11) is 0. The monoisotopic (exact) mass is 286 g/mol. The van der Waals surface area contributed by atoms with E-state index < -0.39 is 0 Å². The molecule has 1 atom stereocenters. The fraction of sp³-hybridized carbons (Fsp3) is 0.643. The number of alkyl halides is 1. The predicted molar refractivity (Wildman–Crippen MR) is 78.6 cm³/mol. The van der Waals surface area contributed by atoms with Gasteiger partial charge in [0.05, 0.1) is 16.6 Å². The molecule has 1 saturated heterocycles. The summed E-state index contributed by atoms with van der Waals surface area (Å²) in [6, 6.07) is 3.88.